The van der Waals surface area contributed by atoms with Crippen molar-refractivity contribution in [3.05, 3.63) is 59.2 Å². The van der Waals surface area contributed by atoms with Gasteiger partial charge in [0.25, 0.3) is 0 Å². The number of rotatable bonds is 1. The van der Waals surface area contributed by atoms with Crippen molar-refractivity contribution in [2.75, 3.05) is 0 Å². The quantitative estimate of drug-likeness (QED) is 0.514. The summed E-state index contributed by atoms with van der Waals surface area (Å²) in [4.78, 5) is 11.2. The SMILES string of the molecule is O=Cc1c2c(cc3ccccc13)C=[C+]C=C2. The second kappa shape index (κ2) is 3.41. The lowest BCUT2D eigenvalue weighted by Crippen LogP contribution is -1.94. The fourth-order valence-corrected chi connectivity index (χ4v) is 2.12. The molecule has 0 aromatic heterocycles. The molecule has 0 saturated carbocycles. The molecular formula is C15H9O+. The molecule has 0 bridgehead atoms. The predicted octanol–water partition coefficient (Wildman–Crippen LogP) is 3.50. The Hall–Kier alpha value is -2.24. The van der Waals surface area contributed by atoms with Gasteiger partial charge in [-0.3, -0.25) is 4.79 Å². The Labute approximate surface area is 93.7 Å². The van der Waals surface area contributed by atoms with Crippen LogP contribution in [0.15, 0.2) is 36.4 Å². The van der Waals surface area contributed by atoms with Gasteiger partial charge in [-0.25, -0.2) is 0 Å². The van der Waals surface area contributed by atoms with Crippen molar-refractivity contribution in [1.29, 1.82) is 0 Å². The third kappa shape index (κ3) is 1.19. The summed E-state index contributed by atoms with van der Waals surface area (Å²) in [5.74, 6) is 0. The maximum Gasteiger partial charge on any atom is 0.153 e. The van der Waals surface area contributed by atoms with Crippen molar-refractivity contribution in [2.45, 2.75) is 0 Å². The zero-order valence-corrected chi connectivity index (χ0v) is 8.60. The van der Waals surface area contributed by atoms with E-state index in [-0.39, 0.29) is 0 Å². The summed E-state index contributed by atoms with van der Waals surface area (Å²) in [5, 5.41) is 2.10. The molecule has 1 heteroatoms. The van der Waals surface area contributed by atoms with E-state index in [2.05, 4.69) is 12.1 Å². The van der Waals surface area contributed by atoms with E-state index in [0.29, 0.717) is 0 Å². The third-order valence-electron chi connectivity index (χ3n) is 2.87. The molecule has 0 aliphatic heterocycles. The fraction of sp³-hybridized carbons (Fsp3) is 0. The predicted molar refractivity (Wildman–Crippen MR) is 66.1 cm³/mol. The number of benzene rings is 2. The number of aldehydes is 1. The van der Waals surface area contributed by atoms with Crippen molar-refractivity contribution in [1.82, 2.24) is 0 Å². The van der Waals surface area contributed by atoms with Crippen molar-refractivity contribution in [2.24, 2.45) is 0 Å². The molecule has 3 rings (SSSR count). The zero-order chi connectivity index (χ0) is 11.0. The normalized spacial score (nSPS) is 12.2. The number of carbonyl (C=O) groups excluding carboxylic acids is 1. The summed E-state index contributed by atoms with van der Waals surface area (Å²) >= 11 is 0. The molecule has 0 atom stereocenters. The zero-order valence-electron chi connectivity index (χ0n) is 8.60. The molecule has 2 aromatic carbocycles. The van der Waals surface area contributed by atoms with E-state index in [1.54, 1.807) is 0 Å². The highest BCUT2D eigenvalue weighted by molar-refractivity contribution is 6.04. The standard InChI is InChI=1S/C15H9O/c16-10-15-13-7-3-1-5-11(13)9-12-6-2-4-8-14(12)15/h1,3-10H/q+1. The molecule has 2 aromatic rings. The van der Waals surface area contributed by atoms with Gasteiger partial charge in [-0.2, -0.15) is 0 Å². The Morgan fingerprint density at radius 3 is 2.94 bits per heavy atom. The molecule has 0 amide bonds. The molecule has 0 fully saturated rings. The first-order chi connectivity index (χ1) is 7.90. The first-order valence-corrected chi connectivity index (χ1v) is 5.17. The average molecular weight is 205 g/mol. The molecule has 1 aliphatic carbocycles. The molecule has 74 valence electrons. The lowest BCUT2D eigenvalue weighted by atomic mass is 9.92. The fourth-order valence-electron chi connectivity index (χ4n) is 2.12. The van der Waals surface area contributed by atoms with E-state index in [1.807, 2.05) is 42.5 Å². The highest BCUT2D eigenvalue weighted by Crippen LogP contribution is 2.28. The summed E-state index contributed by atoms with van der Waals surface area (Å²) in [6.45, 7) is 0. The molecule has 0 radical (unpaired) electrons. The van der Waals surface area contributed by atoms with Gasteiger partial charge in [-0.1, -0.05) is 24.3 Å². The second-order valence-corrected chi connectivity index (χ2v) is 3.78. The first kappa shape index (κ1) is 9.02. The van der Waals surface area contributed by atoms with Crippen LogP contribution in [0.3, 0.4) is 0 Å². The molecule has 16 heavy (non-hydrogen) atoms. The van der Waals surface area contributed by atoms with Crippen LogP contribution in [0.25, 0.3) is 22.9 Å². The van der Waals surface area contributed by atoms with Crippen LogP contribution in [0.5, 0.6) is 0 Å². The second-order valence-electron chi connectivity index (χ2n) is 3.78. The maximum atomic E-state index is 11.2. The lowest BCUT2D eigenvalue weighted by molar-refractivity contribution is 0.112. The first-order valence-electron chi connectivity index (χ1n) is 5.17. The summed E-state index contributed by atoms with van der Waals surface area (Å²) in [5.41, 5.74) is 2.82. The van der Waals surface area contributed by atoms with Gasteiger partial charge in [-0.15, -0.1) is 0 Å². The van der Waals surface area contributed by atoms with E-state index in [9.17, 15) is 4.79 Å². The summed E-state index contributed by atoms with van der Waals surface area (Å²) in [7, 11) is 0. The van der Waals surface area contributed by atoms with Gasteiger partial charge in [0.05, 0.1) is 17.2 Å². The number of allylic oxidation sites excluding steroid dienone is 2. The minimum absolute atomic E-state index is 0.766. The van der Waals surface area contributed by atoms with Crippen LogP contribution >= 0.6 is 0 Å². The molecule has 0 N–H and O–H groups in total. The average Bonchev–Trinajstić information content (AvgIpc) is 2.36. The van der Waals surface area contributed by atoms with E-state index in [0.717, 1.165) is 33.7 Å². The van der Waals surface area contributed by atoms with Crippen LogP contribution in [-0.4, -0.2) is 6.29 Å². The van der Waals surface area contributed by atoms with Crippen molar-refractivity contribution >= 4 is 29.2 Å². The van der Waals surface area contributed by atoms with Gasteiger partial charge in [-0.05, 0) is 10.8 Å². The summed E-state index contributed by atoms with van der Waals surface area (Å²) in [6.07, 6.45) is 9.66. The highest BCUT2D eigenvalue weighted by atomic mass is 16.1. The Bertz CT molecular complexity index is 633. The molecule has 0 saturated heterocycles. The smallest absolute Gasteiger partial charge is 0.153 e. The van der Waals surface area contributed by atoms with Gasteiger partial charge >= 0.3 is 0 Å². The van der Waals surface area contributed by atoms with Gasteiger partial charge in [0, 0.05) is 12.1 Å². The molecule has 0 unspecified atom stereocenters. The minimum atomic E-state index is 0.766. The van der Waals surface area contributed by atoms with Crippen molar-refractivity contribution in [3.8, 4) is 0 Å². The summed E-state index contributed by atoms with van der Waals surface area (Å²) < 4.78 is 0. The Morgan fingerprint density at radius 2 is 2.06 bits per heavy atom. The molecular weight excluding hydrogens is 196 g/mol. The van der Waals surface area contributed by atoms with Crippen molar-refractivity contribution < 1.29 is 4.79 Å². The minimum Gasteiger partial charge on any atom is -0.298 e. The summed E-state index contributed by atoms with van der Waals surface area (Å²) in [6, 6.07) is 10.0. The van der Waals surface area contributed by atoms with Crippen LogP contribution in [0.2, 0.25) is 0 Å². The van der Waals surface area contributed by atoms with Gasteiger partial charge in [0.1, 0.15) is 17.7 Å². The largest absolute Gasteiger partial charge is 0.298 e. The number of hydrogen-bond acceptors (Lipinski definition) is 1. The van der Waals surface area contributed by atoms with Crippen LogP contribution in [0.1, 0.15) is 21.5 Å². The molecule has 0 spiro atoms. The van der Waals surface area contributed by atoms with Gasteiger partial charge in [0.15, 0.2) is 6.29 Å². The van der Waals surface area contributed by atoms with Crippen LogP contribution < -0.4 is 0 Å². The van der Waals surface area contributed by atoms with E-state index < -0.39 is 0 Å². The van der Waals surface area contributed by atoms with E-state index in [4.69, 9.17) is 0 Å². The molecule has 1 nitrogen and oxygen atoms in total. The Balaban J connectivity index is 2.50. The molecule has 1 aliphatic rings. The third-order valence-corrected chi connectivity index (χ3v) is 2.87. The van der Waals surface area contributed by atoms with Gasteiger partial charge < -0.3 is 0 Å². The van der Waals surface area contributed by atoms with Crippen LogP contribution in [0.4, 0.5) is 0 Å². The number of fused-ring (bicyclic) bond motifs is 2. The van der Waals surface area contributed by atoms with Crippen LogP contribution in [-0.2, 0) is 0 Å². The monoisotopic (exact) mass is 205 g/mol. The Kier molecular flexibility index (Phi) is 1.92. The Morgan fingerprint density at radius 1 is 1.19 bits per heavy atom. The maximum absolute atomic E-state index is 11.2. The molecule has 0 heterocycles. The highest BCUT2D eigenvalue weighted by Gasteiger charge is 2.16. The lowest BCUT2D eigenvalue weighted by Gasteiger charge is -2.05. The van der Waals surface area contributed by atoms with E-state index in [1.165, 1.54) is 0 Å². The van der Waals surface area contributed by atoms with E-state index >= 15 is 0 Å². The number of carbonyl (C=O) groups is 1. The van der Waals surface area contributed by atoms with Gasteiger partial charge in [0.2, 0.25) is 0 Å². The van der Waals surface area contributed by atoms with Crippen molar-refractivity contribution in [3.63, 3.8) is 0 Å². The topological polar surface area (TPSA) is 17.1 Å². The number of hydrogen-bond donors (Lipinski definition) is 0. The van der Waals surface area contributed by atoms with Crippen LogP contribution in [0, 0.1) is 6.08 Å².